The summed E-state index contributed by atoms with van der Waals surface area (Å²) in [5, 5.41) is 2.70. The number of amides is 1. The minimum atomic E-state index is -1.88. The number of nitrogens with one attached hydrogen (secondary N) is 1. The summed E-state index contributed by atoms with van der Waals surface area (Å²) in [5.74, 6) is -2.66. The number of benzene rings is 1. The molecule has 2 heterocycles. The summed E-state index contributed by atoms with van der Waals surface area (Å²) in [6, 6.07) is 4.99. The molecule has 2 aliphatic heterocycles. The first kappa shape index (κ1) is 19.7. The van der Waals surface area contributed by atoms with Gasteiger partial charge in [-0.1, -0.05) is 28.6 Å². The Labute approximate surface area is 169 Å². The van der Waals surface area contributed by atoms with Crippen LogP contribution in [-0.2, 0) is 34.0 Å². The molecule has 0 bridgehead atoms. The largest absolute Gasteiger partial charge is 0.465 e. The van der Waals surface area contributed by atoms with E-state index in [4.69, 9.17) is 19.9 Å². The van der Waals surface area contributed by atoms with E-state index in [9.17, 15) is 14.4 Å². The Morgan fingerprint density at radius 1 is 1.36 bits per heavy atom. The van der Waals surface area contributed by atoms with Crippen LogP contribution in [0.5, 0.6) is 0 Å². The second-order valence-corrected chi connectivity index (χ2v) is 6.96. The molecule has 8 nitrogen and oxygen atoms in total. The molecule has 1 spiro atoms. The maximum atomic E-state index is 13.3. The van der Waals surface area contributed by atoms with Crippen molar-refractivity contribution in [2.75, 3.05) is 19.0 Å². The Morgan fingerprint density at radius 2 is 2.07 bits per heavy atom. The van der Waals surface area contributed by atoms with E-state index in [1.54, 1.807) is 18.2 Å². The summed E-state index contributed by atoms with van der Waals surface area (Å²) in [6.07, 6.45) is 1.38. The quantitative estimate of drug-likeness (QED) is 0.534. The van der Waals surface area contributed by atoms with Crippen molar-refractivity contribution in [2.24, 2.45) is 5.73 Å². The van der Waals surface area contributed by atoms with Gasteiger partial charge in [0.1, 0.15) is 28.9 Å². The number of anilines is 1. The second-order valence-electron chi connectivity index (χ2n) is 6.05. The molecule has 0 saturated heterocycles. The van der Waals surface area contributed by atoms with Crippen molar-refractivity contribution in [1.82, 2.24) is 0 Å². The van der Waals surface area contributed by atoms with Gasteiger partial charge >= 0.3 is 11.9 Å². The van der Waals surface area contributed by atoms with Crippen LogP contribution < -0.4 is 11.1 Å². The molecular weight excluding hydrogens is 432 g/mol. The predicted molar refractivity (Wildman–Crippen MR) is 103 cm³/mol. The number of esters is 2. The molecule has 0 fully saturated rings. The van der Waals surface area contributed by atoms with E-state index in [2.05, 4.69) is 27.8 Å². The maximum absolute atomic E-state index is 13.3. The summed E-state index contributed by atoms with van der Waals surface area (Å²) >= 11 is 3.36. The van der Waals surface area contributed by atoms with E-state index in [-0.39, 0.29) is 29.4 Å². The number of carbonyl (C=O) groups excluding carboxylic acids is 3. The number of carbonyl (C=O) groups is 3. The Bertz CT molecular complexity index is 981. The summed E-state index contributed by atoms with van der Waals surface area (Å²) in [5.41, 5.74) is 4.43. The minimum absolute atomic E-state index is 0.0437. The molecule has 1 aromatic carbocycles. The number of hydrogen-bond acceptors (Lipinski definition) is 7. The second kappa shape index (κ2) is 7.16. The average molecular weight is 449 g/mol. The first-order valence-electron chi connectivity index (χ1n) is 8.16. The van der Waals surface area contributed by atoms with Gasteiger partial charge in [-0.2, -0.15) is 0 Å². The fraction of sp³-hybridized carbons (Fsp3) is 0.211. The van der Waals surface area contributed by atoms with Crippen molar-refractivity contribution in [3.05, 3.63) is 63.7 Å². The van der Waals surface area contributed by atoms with Gasteiger partial charge in [0.2, 0.25) is 11.8 Å². The molecule has 0 radical (unpaired) electrons. The molecule has 0 aliphatic carbocycles. The highest BCUT2D eigenvalue weighted by molar-refractivity contribution is 9.10. The SMILES string of the molecule is C=CCOC(=O)C1=C(C)OC(N)=C(C(=O)OC)[C@]12C(=O)Nc1ccc(Br)cc12. The van der Waals surface area contributed by atoms with Crippen molar-refractivity contribution < 1.29 is 28.6 Å². The molecule has 0 aromatic heterocycles. The van der Waals surface area contributed by atoms with E-state index in [1.165, 1.54) is 13.0 Å². The van der Waals surface area contributed by atoms with Gasteiger partial charge in [-0.25, -0.2) is 9.59 Å². The summed E-state index contributed by atoms with van der Waals surface area (Å²) < 4.78 is 16.1. The smallest absolute Gasteiger partial charge is 0.340 e. The lowest BCUT2D eigenvalue weighted by atomic mass is 9.67. The van der Waals surface area contributed by atoms with Gasteiger partial charge < -0.3 is 25.3 Å². The Balaban J connectivity index is 2.39. The van der Waals surface area contributed by atoms with E-state index >= 15 is 0 Å². The fourth-order valence-corrected chi connectivity index (χ4v) is 3.83. The molecule has 9 heteroatoms. The first-order chi connectivity index (χ1) is 13.3. The number of halogens is 1. The van der Waals surface area contributed by atoms with Crippen LogP contribution in [-0.4, -0.2) is 31.6 Å². The third-order valence-electron chi connectivity index (χ3n) is 4.51. The predicted octanol–water partition coefficient (Wildman–Crippen LogP) is 2.02. The Hall–Kier alpha value is -3.07. The highest BCUT2D eigenvalue weighted by atomic mass is 79.9. The number of methoxy groups -OCH3 is 1. The lowest BCUT2D eigenvalue weighted by Crippen LogP contribution is -2.48. The molecule has 1 amide bonds. The third-order valence-corrected chi connectivity index (χ3v) is 5.01. The minimum Gasteiger partial charge on any atom is -0.465 e. The number of hydrogen-bond donors (Lipinski definition) is 2. The zero-order valence-corrected chi connectivity index (χ0v) is 16.7. The number of nitrogens with two attached hydrogens (primary N) is 1. The van der Waals surface area contributed by atoms with Gasteiger partial charge in [0.25, 0.3) is 0 Å². The molecule has 0 unspecified atom stereocenters. The maximum Gasteiger partial charge on any atom is 0.340 e. The van der Waals surface area contributed by atoms with Crippen molar-refractivity contribution in [1.29, 1.82) is 0 Å². The molecule has 28 heavy (non-hydrogen) atoms. The highest BCUT2D eigenvalue weighted by Gasteiger charge is 2.61. The average Bonchev–Trinajstić information content (AvgIpc) is 2.91. The van der Waals surface area contributed by atoms with Crippen LogP contribution in [0.1, 0.15) is 12.5 Å². The van der Waals surface area contributed by atoms with Crippen LogP contribution in [0.25, 0.3) is 0 Å². The van der Waals surface area contributed by atoms with Gasteiger partial charge in [0.15, 0.2) is 0 Å². The Morgan fingerprint density at radius 3 is 2.71 bits per heavy atom. The van der Waals surface area contributed by atoms with Crippen molar-refractivity contribution in [3.8, 4) is 0 Å². The summed E-state index contributed by atoms with van der Waals surface area (Å²) in [4.78, 5) is 38.9. The van der Waals surface area contributed by atoms with Gasteiger partial charge in [0, 0.05) is 15.7 Å². The molecule has 0 saturated carbocycles. The molecule has 1 aromatic rings. The summed E-state index contributed by atoms with van der Waals surface area (Å²) in [7, 11) is 1.14. The Kier molecular flexibility index (Phi) is 5.03. The molecule has 2 aliphatic rings. The molecule has 146 valence electrons. The zero-order valence-electron chi connectivity index (χ0n) is 15.1. The van der Waals surface area contributed by atoms with Crippen molar-refractivity contribution >= 4 is 39.5 Å². The molecule has 1 atom stereocenters. The van der Waals surface area contributed by atoms with E-state index in [0.717, 1.165) is 7.11 Å². The monoisotopic (exact) mass is 448 g/mol. The van der Waals surface area contributed by atoms with Crippen LogP contribution in [0, 0.1) is 0 Å². The van der Waals surface area contributed by atoms with Gasteiger partial charge in [-0.3, -0.25) is 4.79 Å². The van der Waals surface area contributed by atoms with Crippen LogP contribution in [0.2, 0.25) is 0 Å². The lowest BCUT2D eigenvalue weighted by Gasteiger charge is -2.35. The standard InChI is InChI=1S/C19H17BrN2O6/c1-4-7-27-17(24)13-9(2)28-15(21)14(16(23)26-3)19(13)11-8-10(20)5-6-12(11)22-18(19)25/h4-6,8H,1,7,21H2,2-3H3,(H,22,25)/t19-/m1/s1. The number of allylic oxidation sites excluding steroid dienone is 1. The van der Waals surface area contributed by atoms with Crippen LogP contribution in [0.15, 0.2) is 58.1 Å². The normalized spacial score (nSPS) is 20.5. The third kappa shape index (κ3) is 2.70. The topological polar surface area (TPSA) is 117 Å². The highest BCUT2D eigenvalue weighted by Crippen LogP contribution is 2.52. The van der Waals surface area contributed by atoms with Crippen molar-refractivity contribution in [2.45, 2.75) is 12.3 Å². The molecule has 3 N–H and O–H groups in total. The van der Waals surface area contributed by atoms with E-state index in [0.29, 0.717) is 15.7 Å². The fourth-order valence-electron chi connectivity index (χ4n) is 3.47. The summed E-state index contributed by atoms with van der Waals surface area (Å²) in [6.45, 7) is 4.88. The zero-order chi connectivity index (χ0) is 20.6. The van der Waals surface area contributed by atoms with Gasteiger partial charge in [-0.05, 0) is 25.1 Å². The van der Waals surface area contributed by atoms with Crippen LogP contribution >= 0.6 is 15.9 Å². The lowest BCUT2D eigenvalue weighted by molar-refractivity contribution is -0.141. The molecule has 3 rings (SSSR count). The number of ether oxygens (including phenoxy) is 3. The van der Waals surface area contributed by atoms with E-state index in [1.807, 2.05) is 0 Å². The first-order valence-corrected chi connectivity index (χ1v) is 8.95. The van der Waals surface area contributed by atoms with Gasteiger partial charge in [-0.15, -0.1) is 0 Å². The van der Waals surface area contributed by atoms with Crippen molar-refractivity contribution in [3.63, 3.8) is 0 Å². The number of fused-ring (bicyclic) bond motifs is 2. The molecular formula is C19H17BrN2O6. The number of rotatable bonds is 4. The van der Waals surface area contributed by atoms with Crippen LogP contribution in [0.3, 0.4) is 0 Å². The van der Waals surface area contributed by atoms with E-state index < -0.39 is 23.3 Å². The van der Waals surface area contributed by atoms with Crippen LogP contribution in [0.4, 0.5) is 5.69 Å². The van der Waals surface area contributed by atoms with Gasteiger partial charge in [0.05, 0.1) is 7.11 Å².